The molecule has 1 saturated carbocycles. The predicted molar refractivity (Wildman–Crippen MR) is 164 cm³/mol. The molecule has 5 rings (SSSR count). The summed E-state index contributed by atoms with van der Waals surface area (Å²) in [4.78, 5) is 19.1. The molecule has 0 saturated heterocycles. The SMILES string of the molecule is C=CC[C@@]1(C(=O)NCC2(O)CCCCC2)N=C(c2ccc(OCCCO)cc2)O[C@@H]1c1ccc(-c2ccccc2)cc1. The molecule has 1 aliphatic carbocycles. The Balaban J connectivity index is 1.46. The van der Waals surface area contributed by atoms with Gasteiger partial charge in [0.2, 0.25) is 5.90 Å². The van der Waals surface area contributed by atoms with Crippen LogP contribution in [0.25, 0.3) is 11.1 Å². The first-order valence-corrected chi connectivity index (χ1v) is 14.8. The number of carbonyl (C=O) groups is 1. The first-order chi connectivity index (χ1) is 20.5. The molecule has 1 fully saturated rings. The van der Waals surface area contributed by atoms with Crippen molar-refractivity contribution >= 4 is 11.8 Å². The maximum Gasteiger partial charge on any atom is 0.252 e. The first-order valence-electron chi connectivity index (χ1n) is 14.8. The lowest BCUT2D eigenvalue weighted by Crippen LogP contribution is -2.52. The molecule has 220 valence electrons. The zero-order chi connectivity index (χ0) is 29.4. The van der Waals surface area contributed by atoms with E-state index < -0.39 is 17.2 Å². The van der Waals surface area contributed by atoms with Crippen LogP contribution in [0.3, 0.4) is 0 Å². The average Bonchev–Trinajstić information content (AvgIpc) is 3.42. The fourth-order valence-corrected chi connectivity index (χ4v) is 5.80. The molecule has 0 spiro atoms. The highest BCUT2D eigenvalue weighted by molar-refractivity contribution is 6.01. The lowest BCUT2D eigenvalue weighted by atomic mass is 9.82. The van der Waals surface area contributed by atoms with Gasteiger partial charge in [0, 0.05) is 31.6 Å². The molecule has 7 heteroatoms. The zero-order valence-electron chi connectivity index (χ0n) is 24.0. The molecule has 0 unspecified atom stereocenters. The van der Waals surface area contributed by atoms with Crippen LogP contribution in [0.5, 0.6) is 5.75 Å². The average molecular weight is 569 g/mol. The lowest BCUT2D eigenvalue weighted by molar-refractivity contribution is -0.130. The smallest absolute Gasteiger partial charge is 0.252 e. The van der Waals surface area contributed by atoms with Crippen molar-refractivity contribution in [3.63, 3.8) is 0 Å². The first kappa shape index (κ1) is 29.5. The van der Waals surface area contributed by atoms with Crippen LogP contribution in [-0.2, 0) is 9.53 Å². The largest absolute Gasteiger partial charge is 0.494 e. The van der Waals surface area contributed by atoms with Gasteiger partial charge in [-0.1, -0.05) is 79.9 Å². The van der Waals surface area contributed by atoms with E-state index in [2.05, 4.69) is 24.0 Å². The molecule has 1 aliphatic heterocycles. The number of aliphatic imine (C=N–C) groups is 1. The number of benzene rings is 3. The van der Waals surface area contributed by atoms with E-state index >= 15 is 0 Å². The summed E-state index contributed by atoms with van der Waals surface area (Å²) in [6, 6.07) is 25.5. The Labute approximate surface area is 247 Å². The van der Waals surface area contributed by atoms with Crippen molar-refractivity contribution in [2.75, 3.05) is 19.8 Å². The lowest BCUT2D eigenvalue weighted by Gasteiger charge is -2.35. The van der Waals surface area contributed by atoms with E-state index in [1.807, 2.05) is 66.7 Å². The molecule has 1 heterocycles. The summed E-state index contributed by atoms with van der Waals surface area (Å²) in [5, 5.41) is 23.2. The zero-order valence-corrected chi connectivity index (χ0v) is 24.0. The van der Waals surface area contributed by atoms with Gasteiger partial charge in [-0.3, -0.25) is 4.79 Å². The van der Waals surface area contributed by atoms with Crippen molar-refractivity contribution in [2.45, 2.75) is 62.2 Å². The minimum absolute atomic E-state index is 0.0707. The molecule has 7 nitrogen and oxygen atoms in total. The van der Waals surface area contributed by atoms with Crippen LogP contribution in [0.15, 0.2) is 96.5 Å². The van der Waals surface area contributed by atoms with Gasteiger partial charge in [-0.15, -0.1) is 6.58 Å². The Hall–Kier alpha value is -3.94. The molecule has 2 aliphatic rings. The van der Waals surface area contributed by atoms with Crippen molar-refractivity contribution in [2.24, 2.45) is 4.99 Å². The van der Waals surface area contributed by atoms with Gasteiger partial charge in [-0.2, -0.15) is 0 Å². The van der Waals surface area contributed by atoms with Gasteiger partial charge in [0.15, 0.2) is 11.6 Å². The molecule has 0 bridgehead atoms. The number of aliphatic hydroxyl groups excluding tert-OH is 1. The van der Waals surface area contributed by atoms with Gasteiger partial charge < -0.3 is 25.0 Å². The van der Waals surface area contributed by atoms with Crippen LogP contribution in [0, 0.1) is 0 Å². The Kier molecular flexibility index (Phi) is 9.40. The number of nitrogens with one attached hydrogen (secondary N) is 1. The van der Waals surface area contributed by atoms with Crippen LogP contribution in [0.1, 0.15) is 62.2 Å². The number of nitrogens with zero attached hydrogens (tertiary/aromatic N) is 1. The second-order valence-electron chi connectivity index (χ2n) is 11.2. The summed E-state index contributed by atoms with van der Waals surface area (Å²) in [5.74, 6) is 0.745. The third-order valence-corrected chi connectivity index (χ3v) is 8.17. The highest BCUT2D eigenvalue weighted by Gasteiger charge is 2.52. The van der Waals surface area contributed by atoms with Gasteiger partial charge in [-0.05, 0) is 53.8 Å². The van der Waals surface area contributed by atoms with Crippen molar-refractivity contribution in [3.8, 4) is 16.9 Å². The van der Waals surface area contributed by atoms with E-state index in [1.165, 1.54) is 0 Å². The number of rotatable bonds is 12. The third kappa shape index (κ3) is 6.58. The van der Waals surface area contributed by atoms with E-state index in [1.54, 1.807) is 6.08 Å². The summed E-state index contributed by atoms with van der Waals surface area (Å²) in [7, 11) is 0. The Morgan fingerprint density at radius 2 is 1.64 bits per heavy atom. The standard InChI is InChI=1S/C35H40N2O5/c1-2-20-35(33(39)36-25-34(40)21-7-4-8-22-34)31(28-14-12-27(13-15-28)26-10-5-3-6-11-26)42-32(37-35)29-16-18-30(19-17-29)41-24-9-23-38/h2-3,5-6,10-19,31,38,40H,1,4,7-9,20-25H2,(H,36,39)/t31-,35-/m1/s1. The highest BCUT2D eigenvalue weighted by Crippen LogP contribution is 2.43. The molecule has 0 radical (unpaired) electrons. The summed E-state index contributed by atoms with van der Waals surface area (Å²) < 4.78 is 12.2. The molecule has 42 heavy (non-hydrogen) atoms. The van der Waals surface area contributed by atoms with E-state index in [4.69, 9.17) is 19.6 Å². The van der Waals surface area contributed by atoms with E-state index in [9.17, 15) is 9.90 Å². The van der Waals surface area contributed by atoms with Gasteiger partial charge >= 0.3 is 0 Å². The molecule has 2 atom stereocenters. The summed E-state index contributed by atoms with van der Waals surface area (Å²) >= 11 is 0. The van der Waals surface area contributed by atoms with Crippen LogP contribution in [0.2, 0.25) is 0 Å². The fraction of sp³-hybridized carbons (Fsp3) is 0.371. The minimum Gasteiger partial charge on any atom is -0.494 e. The molecule has 3 N–H and O–H groups in total. The fourth-order valence-electron chi connectivity index (χ4n) is 5.80. The van der Waals surface area contributed by atoms with Crippen molar-refractivity contribution in [3.05, 3.63) is 103 Å². The van der Waals surface area contributed by atoms with Crippen LogP contribution in [0.4, 0.5) is 0 Å². The topological polar surface area (TPSA) is 100 Å². The second-order valence-corrected chi connectivity index (χ2v) is 11.2. The number of amides is 1. The monoisotopic (exact) mass is 568 g/mol. The number of hydrogen-bond donors (Lipinski definition) is 3. The van der Waals surface area contributed by atoms with Crippen molar-refractivity contribution in [1.29, 1.82) is 0 Å². The quantitative estimate of drug-likeness (QED) is 0.191. The normalized spacial score (nSPS) is 21.2. The molecular formula is C35H40N2O5. The Bertz CT molecular complexity index is 1360. The maximum atomic E-state index is 14.1. The maximum absolute atomic E-state index is 14.1. The summed E-state index contributed by atoms with van der Waals surface area (Å²) in [6.07, 6.45) is 6.16. The Morgan fingerprint density at radius 1 is 0.976 bits per heavy atom. The molecule has 3 aromatic carbocycles. The van der Waals surface area contributed by atoms with E-state index in [0.717, 1.165) is 41.5 Å². The Morgan fingerprint density at radius 3 is 2.31 bits per heavy atom. The van der Waals surface area contributed by atoms with Crippen molar-refractivity contribution in [1.82, 2.24) is 5.32 Å². The summed E-state index contributed by atoms with van der Waals surface area (Å²) in [6.45, 7) is 4.62. The van der Waals surface area contributed by atoms with Gasteiger partial charge in [0.1, 0.15) is 5.75 Å². The highest BCUT2D eigenvalue weighted by atomic mass is 16.5. The number of aliphatic hydroxyl groups is 2. The molecule has 1 amide bonds. The van der Waals surface area contributed by atoms with E-state index in [-0.39, 0.29) is 25.5 Å². The van der Waals surface area contributed by atoms with Crippen molar-refractivity contribution < 1.29 is 24.5 Å². The third-order valence-electron chi connectivity index (χ3n) is 8.17. The number of ether oxygens (including phenoxy) is 2. The molecular weight excluding hydrogens is 528 g/mol. The molecule has 0 aromatic heterocycles. The minimum atomic E-state index is -1.30. The molecule has 3 aromatic rings. The van der Waals surface area contributed by atoms with Crippen LogP contribution < -0.4 is 10.1 Å². The number of carbonyl (C=O) groups excluding carboxylic acids is 1. The van der Waals surface area contributed by atoms with Crippen LogP contribution in [-0.4, -0.2) is 52.9 Å². The summed E-state index contributed by atoms with van der Waals surface area (Å²) in [5.41, 5.74) is 1.51. The van der Waals surface area contributed by atoms with Gasteiger partial charge in [0.25, 0.3) is 5.91 Å². The van der Waals surface area contributed by atoms with Gasteiger partial charge in [-0.25, -0.2) is 4.99 Å². The predicted octanol–water partition coefficient (Wildman–Crippen LogP) is 5.76. The van der Waals surface area contributed by atoms with Crippen LogP contribution >= 0.6 is 0 Å². The second kappa shape index (κ2) is 13.4. The van der Waals surface area contributed by atoms with Gasteiger partial charge in [0.05, 0.1) is 12.2 Å². The van der Waals surface area contributed by atoms with E-state index in [0.29, 0.717) is 37.5 Å². The number of hydrogen-bond acceptors (Lipinski definition) is 6.